The highest BCUT2D eigenvalue weighted by molar-refractivity contribution is 8.00. The first kappa shape index (κ1) is 21.3. The summed E-state index contributed by atoms with van der Waals surface area (Å²) in [5.41, 5.74) is 1.92. The van der Waals surface area contributed by atoms with Gasteiger partial charge in [0.2, 0.25) is 5.91 Å². The molecule has 3 aromatic carbocycles. The quantitative estimate of drug-likeness (QED) is 0.387. The van der Waals surface area contributed by atoms with Crippen LogP contribution < -0.4 is 9.64 Å². The Morgan fingerprint density at radius 1 is 1.03 bits per heavy atom. The number of hydrogen-bond acceptors (Lipinski definition) is 3. The molecule has 1 atom stereocenters. The summed E-state index contributed by atoms with van der Waals surface area (Å²) in [4.78, 5) is 14.2. The minimum atomic E-state index is -0.360. The van der Waals surface area contributed by atoms with Gasteiger partial charge in [0, 0.05) is 16.3 Å². The van der Waals surface area contributed by atoms with Gasteiger partial charge in [-0.25, -0.2) is 4.39 Å². The fraction of sp³-hybridized carbons (Fsp3) is 0.136. The Bertz CT molecular complexity index is 1070. The molecular weight excluding hydrogens is 468 g/mol. The number of amides is 1. The van der Waals surface area contributed by atoms with Gasteiger partial charge in [0.05, 0.1) is 15.8 Å². The minimum Gasteiger partial charge on any atom is -0.486 e. The van der Waals surface area contributed by atoms with E-state index in [1.807, 2.05) is 0 Å². The molecule has 0 aromatic heterocycles. The van der Waals surface area contributed by atoms with Crippen molar-refractivity contribution in [3.8, 4) is 5.75 Å². The molecule has 1 heterocycles. The third-order valence-corrected chi connectivity index (χ3v) is 6.63. The Balaban J connectivity index is 1.59. The number of rotatable bonds is 5. The first-order chi connectivity index (χ1) is 14.4. The third-order valence-electron chi connectivity index (χ3n) is 4.61. The number of anilines is 1. The van der Waals surface area contributed by atoms with Gasteiger partial charge in [0.1, 0.15) is 17.8 Å². The topological polar surface area (TPSA) is 29.5 Å². The molecule has 1 saturated heterocycles. The number of hydrogen-bond donors (Lipinski definition) is 0. The summed E-state index contributed by atoms with van der Waals surface area (Å²) in [6.45, 7) is -0.000968. The first-order valence-corrected chi connectivity index (χ1v) is 11.2. The Morgan fingerprint density at radius 3 is 2.37 bits per heavy atom. The second-order valence-electron chi connectivity index (χ2n) is 6.60. The van der Waals surface area contributed by atoms with Gasteiger partial charge in [-0.05, 0) is 48.0 Å². The molecule has 4 rings (SSSR count). The van der Waals surface area contributed by atoms with Crippen molar-refractivity contribution >= 4 is 58.2 Å². The summed E-state index contributed by atoms with van der Waals surface area (Å²) in [6, 6.07) is 16.9. The van der Waals surface area contributed by atoms with E-state index in [4.69, 9.17) is 39.5 Å². The van der Waals surface area contributed by atoms with Crippen molar-refractivity contribution in [1.82, 2.24) is 0 Å². The van der Waals surface area contributed by atoms with Crippen molar-refractivity contribution in [1.29, 1.82) is 0 Å². The number of carbonyl (C=O) groups is 1. The SMILES string of the molecule is O=C1CS[C@H](c2cc(Cl)c(OCc3ccccc3F)c(Cl)c2)N1c1ccc(Cl)cc1. The maximum atomic E-state index is 13.8. The molecule has 1 fully saturated rings. The number of halogens is 4. The molecule has 3 aromatic rings. The van der Waals surface area contributed by atoms with Gasteiger partial charge in [0.25, 0.3) is 0 Å². The van der Waals surface area contributed by atoms with E-state index in [2.05, 4.69) is 0 Å². The van der Waals surface area contributed by atoms with E-state index in [9.17, 15) is 9.18 Å². The average molecular weight is 483 g/mol. The van der Waals surface area contributed by atoms with Gasteiger partial charge in [0.15, 0.2) is 5.75 Å². The fourth-order valence-corrected chi connectivity index (χ4v) is 5.07. The number of thioether (sulfide) groups is 1. The Hall–Kier alpha value is -1.92. The Morgan fingerprint density at radius 2 is 1.70 bits per heavy atom. The fourth-order valence-electron chi connectivity index (χ4n) is 3.18. The van der Waals surface area contributed by atoms with E-state index >= 15 is 0 Å². The molecular formula is C22H15Cl3FNO2S. The van der Waals surface area contributed by atoms with Crippen LogP contribution in [0.25, 0.3) is 0 Å². The molecule has 0 spiro atoms. The molecule has 154 valence electrons. The number of benzene rings is 3. The molecule has 3 nitrogen and oxygen atoms in total. The Labute approximate surface area is 192 Å². The van der Waals surface area contributed by atoms with Crippen molar-refractivity contribution < 1.29 is 13.9 Å². The van der Waals surface area contributed by atoms with Crippen LogP contribution in [-0.2, 0) is 11.4 Å². The van der Waals surface area contributed by atoms with Crippen LogP contribution >= 0.6 is 46.6 Å². The molecule has 0 bridgehead atoms. The summed E-state index contributed by atoms with van der Waals surface area (Å²) >= 11 is 20.3. The minimum absolute atomic E-state index is 0.000968. The van der Waals surface area contributed by atoms with Gasteiger partial charge in [-0.15, -0.1) is 11.8 Å². The summed E-state index contributed by atoms with van der Waals surface area (Å²) < 4.78 is 19.5. The van der Waals surface area contributed by atoms with Crippen molar-refractivity contribution in [3.63, 3.8) is 0 Å². The van der Waals surface area contributed by atoms with Crippen LogP contribution in [-0.4, -0.2) is 11.7 Å². The van der Waals surface area contributed by atoms with E-state index in [0.717, 1.165) is 11.3 Å². The molecule has 0 N–H and O–H groups in total. The van der Waals surface area contributed by atoms with Gasteiger partial charge >= 0.3 is 0 Å². The van der Waals surface area contributed by atoms with Crippen molar-refractivity contribution in [2.45, 2.75) is 12.0 Å². The predicted octanol–water partition coefficient (Wildman–Crippen LogP) is 7.14. The van der Waals surface area contributed by atoms with Gasteiger partial charge in [-0.2, -0.15) is 0 Å². The maximum Gasteiger partial charge on any atom is 0.238 e. The van der Waals surface area contributed by atoms with Crippen LogP contribution in [0.4, 0.5) is 10.1 Å². The third kappa shape index (κ3) is 4.40. The van der Waals surface area contributed by atoms with Crippen molar-refractivity contribution in [2.24, 2.45) is 0 Å². The van der Waals surface area contributed by atoms with Crippen LogP contribution in [0.1, 0.15) is 16.5 Å². The van der Waals surface area contributed by atoms with Crippen molar-refractivity contribution in [3.05, 3.63) is 92.7 Å². The van der Waals surface area contributed by atoms with E-state index in [1.165, 1.54) is 17.8 Å². The van der Waals surface area contributed by atoms with Crippen LogP contribution in [0.2, 0.25) is 15.1 Å². The summed E-state index contributed by atoms with van der Waals surface area (Å²) in [7, 11) is 0. The lowest BCUT2D eigenvalue weighted by molar-refractivity contribution is -0.115. The highest BCUT2D eigenvalue weighted by atomic mass is 35.5. The first-order valence-electron chi connectivity index (χ1n) is 8.98. The maximum absolute atomic E-state index is 13.8. The van der Waals surface area contributed by atoms with Gasteiger partial charge in [-0.3, -0.25) is 9.69 Å². The van der Waals surface area contributed by atoms with Crippen LogP contribution in [0.15, 0.2) is 60.7 Å². The summed E-state index contributed by atoms with van der Waals surface area (Å²) in [5.74, 6) is 0.242. The normalized spacial score (nSPS) is 16.2. The molecule has 8 heteroatoms. The second kappa shape index (κ2) is 9.06. The lowest BCUT2D eigenvalue weighted by atomic mass is 10.1. The highest BCUT2D eigenvalue weighted by Gasteiger charge is 2.34. The molecule has 1 amide bonds. The molecule has 0 saturated carbocycles. The van der Waals surface area contributed by atoms with E-state index in [-0.39, 0.29) is 29.5 Å². The lowest BCUT2D eigenvalue weighted by Gasteiger charge is -2.25. The largest absolute Gasteiger partial charge is 0.486 e. The average Bonchev–Trinajstić information content (AvgIpc) is 3.10. The smallest absolute Gasteiger partial charge is 0.238 e. The second-order valence-corrected chi connectivity index (χ2v) is 8.92. The van der Waals surface area contributed by atoms with Crippen molar-refractivity contribution in [2.75, 3.05) is 10.7 Å². The zero-order valence-electron chi connectivity index (χ0n) is 15.4. The number of carbonyl (C=O) groups excluding carboxylic acids is 1. The summed E-state index contributed by atoms with van der Waals surface area (Å²) in [6.07, 6.45) is 0. The molecule has 1 aliphatic rings. The van der Waals surface area contributed by atoms with Crippen LogP contribution in [0, 0.1) is 5.82 Å². The zero-order valence-corrected chi connectivity index (χ0v) is 18.5. The van der Waals surface area contributed by atoms with E-state index in [1.54, 1.807) is 59.5 Å². The van der Waals surface area contributed by atoms with Crippen LogP contribution in [0.5, 0.6) is 5.75 Å². The standard InChI is InChI=1S/C22H15Cl3FNO2S/c23-15-5-7-16(8-6-15)27-20(28)12-30-22(27)14-9-17(24)21(18(25)10-14)29-11-13-3-1-2-4-19(13)26/h1-10,22H,11-12H2/t22-/m1/s1. The van der Waals surface area contributed by atoms with Gasteiger partial charge in [-0.1, -0.05) is 53.0 Å². The molecule has 0 aliphatic carbocycles. The van der Waals surface area contributed by atoms with E-state index < -0.39 is 0 Å². The molecule has 0 unspecified atom stereocenters. The summed E-state index contributed by atoms with van der Waals surface area (Å²) in [5, 5.41) is 0.904. The number of nitrogens with zero attached hydrogens (tertiary/aromatic N) is 1. The molecule has 1 aliphatic heterocycles. The molecule has 0 radical (unpaired) electrons. The van der Waals surface area contributed by atoms with E-state index in [0.29, 0.717) is 26.4 Å². The molecule has 30 heavy (non-hydrogen) atoms. The Kier molecular flexibility index (Phi) is 6.44. The zero-order chi connectivity index (χ0) is 21.3. The number of ether oxygens (including phenoxy) is 1. The van der Waals surface area contributed by atoms with Gasteiger partial charge < -0.3 is 4.74 Å². The van der Waals surface area contributed by atoms with Crippen LogP contribution in [0.3, 0.4) is 0 Å². The lowest BCUT2D eigenvalue weighted by Crippen LogP contribution is -2.27. The predicted molar refractivity (Wildman–Crippen MR) is 121 cm³/mol. The highest BCUT2D eigenvalue weighted by Crippen LogP contribution is 2.45. The monoisotopic (exact) mass is 481 g/mol.